The van der Waals surface area contributed by atoms with E-state index in [1.54, 1.807) is 11.3 Å². The lowest BCUT2D eigenvalue weighted by Crippen LogP contribution is -2.19. The highest BCUT2D eigenvalue weighted by atomic mass is 32.1. The Balaban J connectivity index is 1.42. The fourth-order valence-electron chi connectivity index (χ4n) is 3.56. The number of benzene rings is 2. The second-order valence-corrected chi connectivity index (χ2v) is 8.89. The Kier molecular flexibility index (Phi) is 5.72. The number of nitrogens with zero attached hydrogens (tertiary/aromatic N) is 6. The first kappa shape index (κ1) is 20.4. The Labute approximate surface area is 189 Å². The van der Waals surface area contributed by atoms with Gasteiger partial charge in [-0.15, -0.1) is 5.10 Å². The molecule has 162 valence electrons. The summed E-state index contributed by atoms with van der Waals surface area (Å²) in [6, 6.07) is 16.4. The van der Waals surface area contributed by atoms with Crippen LogP contribution in [0.4, 0.5) is 0 Å². The van der Waals surface area contributed by atoms with E-state index in [1.165, 1.54) is 12.8 Å². The van der Waals surface area contributed by atoms with Crippen LogP contribution in [0.15, 0.2) is 53.5 Å². The van der Waals surface area contributed by atoms with Crippen LogP contribution in [0.2, 0.25) is 0 Å². The maximum atomic E-state index is 12.1. The average Bonchev–Trinajstić information content (AvgIpc) is 3.37. The molecule has 9 heteroatoms. The normalized spacial score (nSPS) is 14.1. The van der Waals surface area contributed by atoms with Gasteiger partial charge in [0.2, 0.25) is 10.7 Å². The molecule has 1 N–H and O–H groups in total. The summed E-state index contributed by atoms with van der Waals surface area (Å²) in [6.07, 6.45) is 3.60. The van der Waals surface area contributed by atoms with Crippen LogP contribution in [-0.2, 0) is 11.3 Å². The number of rotatable bonds is 7. The number of hydrogen-bond donors (Lipinski definition) is 1. The van der Waals surface area contributed by atoms with Crippen LogP contribution in [0.3, 0.4) is 0 Å². The second kappa shape index (κ2) is 8.96. The van der Waals surface area contributed by atoms with E-state index in [1.807, 2.05) is 29.8 Å². The molecule has 2 aromatic carbocycles. The average molecular weight is 446 g/mol. The van der Waals surface area contributed by atoms with Gasteiger partial charge in [-0.2, -0.15) is 10.1 Å². The number of hydrogen-bond acceptors (Lipinski definition) is 6. The van der Waals surface area contributed by atoms with Crippen molar-refractivity contribution in [3.63, 3.8) is 0 Å². The molecule has 1 aliphatic rings. The summed E-state index contributed by atoms with van der Waals surface area (Å²) in [7, 11) is 0. The maximum absolute atomic E-state index is 12.1. The molecule has 1 amide bonds. The molecule has 0 unspecified atom stereocenters. The zero-order valence-corrected chi connectivity index (χ0v) is 18.5. The lowest BCUT2D eigenvalue weighted by Gasteiger charge is -2.08. The van der Waals surface area contributed by atoms with Crippen molar-refractivity contribution in [2.45, 2.75) is 45.1 Å². The summed E-state index contributed by atoms with van der Waals surface area (Å²) in [5.74, 6) is 1.08. The van der Waals surface area contributed by atoms with E-state index in [-0.39, 0.29) is 5.91 Å². The molecule has 0 radical (unpaired) electrons. The quantitative estimate of drug-likeness (QED) is 0.464. The minimum absolute atomic E-state index is 0.0823. The zero-order valence-electron chi connectivity index (χ0n) is 17.7. The number of nitrogens with one attached hydrogen (secondary N) is 1. The number of tetrazole rings is 1. The summed E-state index contributed by atoms with van der Waals surface area (Å²) in [6.45, 7) is 2.57. The van der Waals surface area contributed by atoms with E-state index < -0.39 is 0 Å². The first-order valence-electron chi connectivity index (χ1n) is 10.8. The van der Waals surface area contributed by atoms with Crippen molar-refractivity contribution in [2.75, 3.05) is 0 Å². The highest BCUT2D eigenvalue weighted by molar-refractivity contribution is 7.09. The van der Waals surface area contributed by atoms with Crippen LogP contribution >= 0.6 is 11.3 Å². The second-order valence-electron chi connectivity index (χ2n) is 7.90. The standard InChI is InChI=1S/C23H23N7OS/c1-2-5-20(31)24-23-30(27-22(32-23)17-12-13-17)14-15-8-10-16(11-9-15)18-6-3-4-7-19(18)21-25-28-29-26-21/h3-4,6-11,17H,2,5,12-14H2,1H3,(H,25,26,28,29). The number of carbonyl (C=O) groups excluding carboxylic acids is 1. The molecule has 1 aliphatic carbocycles. The molecular formula is C23H23N7OS. The molecule has 5 rings (SSSR count). The lowest BCUT2D eigenvalue weighted by atomic mass is 9.98. The van der Waals surface area contributed by atoms with Crippen LogP contribution < -0.4 is 4.80 Å². The van der Waals surface area contributed by atoms with Gasteiger partial charge >= 0.3 is 0 Å². The van der Waals surface area contributed by atoms with Gasteiger partial charge in [0.25, 0.3) is 0 Å². The Morgan fingerprint density at radius 3 is 2.62 bits per heavy atom. The third-order valence-corrected chi connectivity index (χ3v) is 6.48. The highest BCUT2D eigenvalue weighted by Crippen LogP contribution is 2.40. The largest absolute Gasteiger partial charge is 0.273 e. The molecule has 2 heterocycles. The number of carbonyl (C=O) groups is 1. The fraction of sp³-hybridized carbons (Fsp3) is 0.304. The van der Waals surface area contributed by atoms with Crippen LogP contribution in [-0.4, -0.2) is 36.3 Å². The van der Waals surface area contributed by atoms with Crippen molar-refractivity contribution in [1.82, 2.24) is 30.4 Å². The Morgan fingerprint density at radius 1 is 1.16 bits per heavy atom. The highest BCUT2D eigenvalue weighted by Gasteiger charge is 2.27. The van der Waals surface area contributed by atoms with Gasteiger partial charge in [-0.25, -0.2) is 9.78 Å². The van der Waals surface area contributed by atoms with Gasteiger partial charge in [-0.1, -0.05) is 66.8 Å². The molecule has 0 aliphatic heterocycles. The molecule has 8 nitrogen and oxygen atoms in total. The minimum Gasteiger partial charge on any atom is -0.273 e. The first-order valence-corrected chi connectivity index (χ1v) is 11.6. The summed E-state index contributed by atoms with van der Waals surface area (Å²) < 4.78 is 1.87. The topological polar surface area (TPSA) is 102 Å². The van der Waals surface area contributed by atoms with E-state index in [9.17, 15) is 4.79 Å². The molecule has 32 heavy (non-hydrogen) atoms. The van der Waals surface area contributed by atoms with Crippen molar-refractivity contribution in [1.29, 1.82) is 0 Å². The number of aromatic nitrogens is 6. The SMILES string of the molecule is CCCC(=O)N=c1sc(C2CC2)nn1Cc1ccc(-c2ccccc2-c2nnn[nH]2)cc1. The number of amides is 1. The maximum Gasteiger partial charge on any atom is 0.248 e. The molecule has 0 spiro atoms. The van der Waals surface area contributed by atoms with Gasteiger partial charge in [-0.05, 0) is 46.4 Å². The van der Waals surface area contributed by atoms with Gasteiger partial charge in [0.1, 0.15) is 5.01 Å². The van der Waals surface area contributed by atoms with Gasteiger partial charge in [0, 0.05) is 17.9 Å². The monoisotopic (exact) mass is 445 g/mol. The molecular weight excluding hydrogens is 422 g/mol. The number of H-pyrrole nitrogens is 1. The van der Waals surface area contributed by atoms with Crippen molar-refractivity contribution in [2.24, 2.45) is 4.99 Å². The van der Waals surface area contributed by atoms with Gasteiger partial charge in [0.05, 0.1) is 6.54 Å². The van der Waals surface area contributed by atoms with Crippen LogP contribution in [0.5, 0.6) is 0 Å². The molecule has 2 aromatic heterocycles. The third-order valence-electron chi connectivity index (χ3n) is 5.37. The molecule has 0 bridgehead atoms. The van der Waals surface area contributed by atoms with Crippen molar-refractivity contribution < 1.29 is 4.79 Å². The van der Waals surface area contributed by atoms with Crippen molar-refractivity contribution in [3.05, 3.63) is 63.9 Å². The van der Waals surface area contributed by atoms with E-state index in [4.69, 9.17) is 5.10 Å². The summed E-state index contributed by atoms with van der Waals surface area (Å²) in [4.78, 5) is 17.2. The van der Waals surface area contributed by atoms with Crippen LogP contribution in [0.25, 0.3) is 22.5 Å². The van der Waals surface area contributed by atoms with Crippen LogP contribution in [0, 0.1) is 0 Å². The Hall–Kier alpha value is -3.46. The van der Waals surface area contributed by atoms with Crippen LogP contribution in [0.1, 0.15) is 49.1 Å². The van der Waals surface area contributed by atoms with Gasteiger partial charge in [0.15, 0.2) is 5.82 Å². The smallest absolute Gasteiger partial charge is 0.248 e. The minimum atomic E-state index is -0.0823. The van der Waals surface area contributed by atoms with Gasteiger partial charge in [-0.3, -0.25) is 4.79 Å². The summed E-state index contributed by atoms with van der Waals surface area (Å²) >= 11 is 1.55. The number of aromatic amines is 1. The molecule has 4 aromatic rings. The van der Waals surface area contributed by atoms with Gasteiger partial charge < -0.3 is 0 Å². The predicted octanol–water partition coefficient (Wildman–Crippen LogP) is 3.94. The molecule has 0 saturated heterocycles. The van der Waals surface area contributed by atoms with Crippen molar-refractivity contribution >= 4 is 17.2 Å². The Morgan fingerprint density at radius 2 is 1.94 bits per heavy atom. The van der Waals surface area contributed by atoms with E-state index in [0.717, 1.165) is 33.7 Å². The Bertz CT molecular complexity index is 1280. The lowest BCUT2D eigenvalue weighted by molar-refractivity contribution is -0.118. The third kappa shape index (κ3) is 4.43. The summed E-state index contributed by atoms with van der Waals surface area (Å²) in [5.41, 5.74) is 4.18. The van der Waals surface area contributed by atoms with E-state index in [2.05, 4.69) is 55.9 Å². The summed E-state index contributed by atoms with van der Waals surface area (Å²) in [5, 5.41) is 20.1. The van der Waals surface area contributed by atoms with E-state index in [0.29, 0.717) is 29.5 Å². The van der Waals surface area contributed by atoms with E-state index >= 15 is 0 Å². The fourth-order valence-corrected chi connectivity index (χ4v) is 4.65. The molecule has 0 atom stereocenters. The van der Waals surface area contributed by atoms with Crippen molar-refractivity contribution in [3.8, 4) is 22.5 Å². The zero-order chi connectivity index (χ0) is 21.9. The molecule has 1 saturated carbocycles. The molecule has 1 fully saturated rings. The first-order chi connectivity index (χ1) is 15.7. The predicted molar refractivity (Wildman–Crippen MR) is 122 cm³/mol.